The average molecular weight is 298 g/mol. The van der Waals surface area contributed by atoms with Gasteiger partial charge in [-0.25, -0.2) is 13.6 Å². The lowest BCUT2D eigenvalue weighted by Gasteiger charge is -2.22. The molecule has 0 aliphatic carbocycles. The van der Waals surface area contributed by atoms with Crippen LogP contribution in [0.15, 0.2) is 12.1 Å². The minimum Gasteiger partial charge on any atom is -0.478 e. The molecule has 1 aliphatic rings. The Labute approximate surface area is 120 Å². The molecular formula is C14H16F2N2O3. The zero-order valence-electron chi connectivity index (χ0n) is 11.3. The first-order valence-corrected chi connectivity index (χ1v) is 6.70. The first kappa shape index (κ1) is 15.4. The minimum absolute atomic E-state index is 0.168. The lowest BCUT2D eigenvalue weighted by Crippen LogP contribution is -2.32. The number of benzene rings is 1. The molecule has 0 radical (unpaired) electrons. The van der Waals surface area contributed by atoms with E-state index in [-0.39, 0.29) is 18.0 Å². The van der Waals surface area contributed by atoms with Gasteiger partial charge in [-0.05, 0) is 37.9 Å². The van der Waals surface area contributed by atoms with E-state index < -0.39 is 29.1 Å². The number of rotatable bonds is 4. The van der Waals surface area contributed by atoms with Crippen molar-refractivity contribution in [2.45, 2.75) is 19.3 Å². The minimum atomic E-state index is -1.51. The molecular weight excluding hydrogens is 282 g/mol. The highest BCUT2D eigenvalue weighted by molar-refractivity contribution is 5.94. The van der Waals surface area contributed by atoms with Crippen molar-refractivity contribution in [2.75, 3.05) is 18.4 Å². The SMILES string of the molecule is O=C(CC1CCCNC1)Nc1cc(C(=O)O)c(F)cc1F. The Balaban J connectivity index is 2.06. The summed E-state index contributed by atoms with van der Waals surface area (Å²) >= 11 is 0. The number of carbonyl (C=O) groups excluding carboxylic acids is 1. The molecule has 1 heterocycles. The summed E-state index contributed by atoms with van der Waals surface area (Å²) in [6.07, 6.45) is 2.10. The van der Waals surface area contributed by atoms with Crippen LogP contribution < -0.4 is 10.6 Å². The second-order valence-electron chi connectivity index (χ2n) is 5.08. The Morgan fingerprint density at radius 3 is 2.71 bits per heavy atom. The summed E-state index contributed by atoms with van der Waals surface area (Å²) < 4.78 is 26.8. The lowest BCUT2D eigenvalue weighted by molar-refractivity contribution is -0.117. The summed E-state index contributed by atoms with van der Waals surface area (Å²) in [7, 11) is 0. The highest BCUT2D eigenvalue weighted by Gasteiger charge is 2.19. The molecule has 0 spiro atoms. The van der Waals surface area contributed by atoms with Crippen molar-refractivity contribution in [2.24, 2.45) is 5.92 Å². The van der Waals surface area contributed by atoms with Crippen LogP contribution >= 0.6 is 0 Å². The maximum atomic E-state index is 13.6. The largest absolute Gasteiger partial charge is 0.478 e. The molecule has 7 heteroatoms. The van der Waals surface area contributed by atoms with Gasteiger partial charge in [-0.3, -0.25) is 4.79 Å². The van der Waals surface area contributed by atoms with Gasteiger partial charge in [-0.15, -0.1) is 0 Å². The van der Waals surface area contributed by atoms with E-state index >= 15 is 0 Å². The Bertz CT molecular complexity index is 557. The normalized spacial score (nSPS) is 18.3. The molecule has 1 aromatic rings. The Kier molecular flexibility index (Phi) is 4.85. The van der Waals surface area contributed by atoms with Gasteiger partial charge in [0.25, 0.3) is 0 Å². The van der Waals surface area contributed by atoms with E-state index in [0.29, 0.717) is 6.07 Å². The number of nitrogens with one attached hydrogen (secondary N) is 2. The van der Waals surface area contributed by atoms with Gasteiger partial charge >= 0.3 is 5.97 Å². The van der Waals surface area contributed by atoms with Crippen LogP contribution in [-0.2, 0) is 4.79 Å². The molecule has 1 saturated heterocycles. The van der Waals surface area contributed by atoms with Gasteiger partial charge in [0, 0.05) is 12.5 Å². The van der Waals surface area contributed by atoms with E-state index in [1.165, 1.54) is 0 Å². The fourth-order valence-corrected chi connectivity index (χ4v) is 2.37. The van der Waals surface area contributed by atoms with Crippen molar-refractivity contribution in [1.29, 1.82) is 0 Å². The van der Waals surface area contributed by atoms with E-state index in [1.807, 2.05) is 0 Å². The molecule has 1 amide bonds. The molecule has 1 aromatic carbocycles. The van der Waals surface area contributed by atoms with Crippen molar-refractivity contribution < 1.29 is 23.5 Å². The van der Waals surface area contributed by atoms with E-state index in [0.717, 1.165) is 32.0 Å². The summed E-state index contributed by atoms with van der Waals surface area (Å²) in [6, 6.07) is 1.26. The van der Waals surface area contributed by atoms with Crippen LogP contribution in [0.1, 0.15) is 29.6 Å². The maximum Gasteiger partial charge on any atom is 0.338 e. The van der Waals surface area contributed by atoms with Gasteiger partial charge in [0.15, 0.2) is 0 Å². The average Bonchev–Trinajstić information content (AvgIpc) is 2.42. The number of carbonyl (C=O) groups is 2. The number of amides is 1. The van der Waals surface area contributed by atoms with E-state index in [4.69, 9.17) is 5.11 Å². The van der Waals surface area contributed by atoms with Crippen LogP contribution in [0.2, 0.25) is 0 Å². The van der Waals surface area contributed by atoms with Gasteiger partial charge in [-0.1, -0.05) is 0 Å². The molecule has 0 bridgehead atoms. The zero-order chi connectivity index (χ0) is 15.4. The van der Waals surface area contributed by atoms with E-state index in [9.17, 15) is 18.4 Å². The van der Waals surface area contributed by atoms with Crippen LogP contribution in [0, 0.1) is 17.6 Å². The number of hydrogen-bond acceptors (Lipinski definition) is 3. The fraction of sp³-hybridized carbons (Fsp3) is 0.429. The highest BCUT2D eigenvalue weighted by atomic mass is 19.1. The van der Waals surface area contributed by atoms with Gasteiger partial charge in [0.2, 0.25) is 5.91 Å². The van der Waals surface area contributed by atoms with Crippen LogP contribution in [0.4, 0.5) is 14.5 Å². The topological polar surface area (TPSA) is 78.4 Å². The quantitative estimate of drug-likeness (QED) is 0.794. The Hall–Kier alpha value is -2.02. The summed E-state index contributed by atoms with van der Waals surface area (Å²) in [5.74, 6) is -3.92. The maximum absolute atomic E-state index is 13.6. The summed E-state index contributed by atoms with van der Waals surface area (Å²) in [6.45, 7) is 1.65. The molecule has 0 saturated carbocycles. The Morgan fingerprint density at radius 1 is 1.33 bits per heavy atom. The van der Waals surface area contributed by atoms with Crippen LogP contribution in [-0.4, -0.2) is 30.1 Å². The molecule has 1 atom stereocenters. The fourth-order valence-electron chi connectivity index (χ4n) is 2.37. The molecule has 1 unspecified atom stereocenters. The summed E-state index contributed by atoms with van der Waals surface area (Å²) in [5, 5.41) is 14.3. The first-order valence-electron chi connectivity index (χ1n) is 6.70. The number of anilines is 1. The molecule has 3 N–H and O–H groups in total. The predicted octanol–water partition coefficient (Wildman–Crippen LogP) is 1.99. The molecule has 114 valence electrons. The number of carboxylic acid groups (broad SMARTS) is 1. The molecule has 1 aliphatic heterocycles. The van der Waals surface area contributed by atoms with Crippen LogP contribution in [0.5, 0.6) is 0 Å². The van der Waals surface area contributed by atoms with E-state index in [1.54, 1.807) is 0 Å². The third-order valence-corrected chi connectivity index (χ3v) is 3.43. The van der Waals surface area contributed by atoms with Crippen LogP contribution in [0.3, 0.4) is 0 Å². The number of halogens is 2. The monoisotopic (exact) mass is 298 g/mol. The van der Waals surface area contributed by atoms with Crippen molar-refractivity contribution in [3.63, 3.8) is 0 Å². The van der Waals surface area contributed by atoms with E-state index in [2.05, 4.69) is 10.6 Å². The third-order valence-electron chi connectivity index (χ3n) is 3.43. The number of piperidine rings is 1. The van der Waals surface area contributed by atoms with Crippen molar-refractivity contribution in [3.8, 4) is 0 Å². The van der Waals surface area contributed by atoms with Crippen molar-refractivity contribution in [1.82, 2.24) is 5.32 Å². The van der Waals surface area contributed by atoms with Gasteiger partial charge in [0.1, 0.15) is 11.6 Å². The van der Waals surface area contributed by atoms with Gasteiger partial charge in [-0.2, -0.15) is 0 Å². The first-order chi connectivity index (χ1) is 9.97. The van der Waals surface area contributed by atoms with Crippen molar-refractivity contribution >= 4 is 17.6 Å². The lowest BCUT2D eigenvalue weighted by atomic mass is 9.96. The number of hydrogen-bond donors (Lipinski definition) is 3. The van der Waals surface area contributed by atoms with Gasteiger partial charge < -0.3 is 15.7 Å². The number of carboxylic acids is 1. The third kappa shape index (κ3) is 3.98. The molecule has 0 aromatic heterocycles. The second-order valence-corrected chi connectivity index (χ2v) is 5.08. The standard InChI is InChI=1S/C14H16F2N2O3/c15-10-6-11(16)12(5-9(10)14(20)21)18-13(19)4-8-2-1-3-17-7-8/h5-6,8,17H,1-4,7H2,(H,18,19)(H,20,21). The molecule has 1 fully saturated rings. The predicted molar refractivity (Wildman–Crippen MR) is 72.2 cm³/mol. The van der Waals surface area contributed by atoms with Crippen molar-refractivity contribution in [3.05, 3.63) is 29.3 Å². The smallest absolute Gasteiger partial charge is 0.338 e. The summed E-state index contributed by atoms with van der Waals surface area (Å²) in [4.78, 5) is 22.7. The molecule has 2 rings (SSSR count). The zero-order valence-corrected chi connectivity index (χ0v) is 11.3. The van der Waals surface area contributed by atoms with Crippen LogP contribution in [0.25, 0.3) is 0 Å². The van der Waals surface area contributed by atoms with Gasteiger partial charge in [0.05, 0.1) is 11.3 Å². The molecule has 21 heavy (non-hydrogen) atoms. The number of aromatic carboxylic acids is 1. The Morgan fingerprint density at radius 2 is 2.10 bits per heavy atom. The molecule has 5 nitrogen and oxygen atoms in total. The highest BCUT2D eigenvalue weighted by Crippen LogP contribution is 2.21. The second kappa shape index (κ2) is 6.62. The summed E-state index contributed by atoms with van der Waals surface area (Å²) in [5.41, 5.74) is -0.992.